The van der Waals surface area contributed by atoms with Crippen LogP contribution < -0.4 is 5.56 Å². The number of nitrogens with zero attached hydrogens (tertiary/aromatic N) is 2. The SMILES string of the molecule is CCOC(=O)CC1CSc2nc(C)cc(=O)n21. The van der Waals surface area contributed by atoms with E-state index in [0.717, 1.165) is 0 Å². The first kappa shape index (κ1) is 12.2. The molecule has 0 saturated carbocycles. The molecule has 0 bridgehead atoms. The normalized spacial score (nSPS) is 17.9. The number of esters is 1. The molecule has 17 heavy (non-hydrogen) atoms. The number of carbonyl (C=O) groups excluding carboxylic acids is 1. The monoisotopic (exact) mass is 254 g/mol. The molecular formula is C11H14N2O3S. The van der Waals surface area contributed by atoms with Crippen LogP contribution in [-0.4, -0.2) is 27.9 Å². The van der Waals surface area contributed by atoms with Crippen LogP contribution in [0, 0.1) is 6.92 Å². The first-order chi connectivity index (χ1) is 8.11. The highest BCUT2D eigenvalue weighted by Gasteiger charge is 2.27. The van der Waals surface area contributed by atoms with Gasteiger partial charge in [0.25, 0.3) is 5.56 Å². The van der Waals surface area contributed by atoms with Gasteiger partial charge in [0.15, 0.2) is 5.16 Å². The van der Waals surface area contributed by atoms with Crippen LogP contribution in [0.15, 0.2) is 16.0 Å². The smallest absolute Gasteiger partial charge is 0.307 e. The summed E-state index contributed by atoms with van der Waals surface area (Å²) in [5.41, 5.74) is 0.623. The molecule has 6 heteroatoms. The van der Waals surface area contributed by atoms with Crippen LogP contribution in [0.1, 0.15) is 25.1 Å². The van der Waals surface area contributed by atoms with Crippen molar-refractivity contribution in [2.24, 2.45) is 0 Å². The summed E-state index contributed by atoms with van der Waals surface area (Å²) in [6, 6.07) is 1.36. The molecule has 0 saturated heterocycles. The lowest BCUT2D eigenvalue weighted by Crippen LogP contribution is -2.26. The van der Waals surface area contributed by atoms with Gasteiger partial charge in [0.1, 0.15) is 0 Å². The van der Waals surface area contributed by atoms with Gasteiger partial charge in [0.05, 0.1) is 19.1 Å². The van der Waals surface area contributed by atoms with Gasteiger partial charge in [0.2, 0.25) is 0 Å². The predicted octanol–water partition coefficient (Wildman–Crippen LogP) is 1.15. The Kier molecular flexibility index (Phi) is 3.51. The van der Waals surface area contributed by atoms with Gasteiger partial charge < -0.3 is 4.74 Å². The van der Waals surface area contributed by atoms with E-state index < -0.39 is 0 Å². The minimum absolute atomic E-state index is 0.0909. The number of carbonyl (C=O) groups is 1. The van der Waals surface area contributed by atoms with Crippen LogP contribution >= 0.6 is 11.8 Å². The zero-order valence-electron chi connectivity index (χ0n) is 9.80. The highest BCUT2D eigenvalue weighted by atomic mass is 32.2. The lowest BCUT2D eigenvalue weighted by molar-refractivity contribution is -0.143. The second-order valence-electron chi connectivity index (χ2n) is 3.86. The van der Waals surface area contributed by atoms with Gasteiger partial charge in [-0.15, -0.1) is 0 Å². The van der Waals surface area contributed by atoms with Crippen molar-refractivity contribution in [2.45, 2.75) is 31.5 Å². The van der Waals surface area contributed by atoms with E-state index in [-0.39, 0.29) is 24.0 Å². The van der Waals surface area contributed by atoms with Gasteiger partial charge in [-0.05, 0) is 13.8 Å². The third-order valence-corrected chi connectivity index (χ3v) is 3.62. The second kappa shape index (κ2) is 4.91. The fourth-order valence-corrected chi connectivity index (χ4v) is 3.02. The maximum absolute atomic E-state index is 11.8. The minimum atomic E-state index is -0.265. The van der Waals surface area contributed by atoms with Crippen molar-refractivity contribution in [1.29, 1.82) is 0 Å². The van der Waals surface area contributed by atoms with Gasteiger partial charge in [0, 0.05) is 17.5 Å². The number of thioether (sulfide) groups is 1. The van der Waals surface area contributed by atoms with E-state index in [1.807, 2.05) is 0 Å². The van der Waals surface area contributed by atoms with Crippen LogP contribution in [-0.2, 0) is 9.53 Å². The Hall–Kier alpha value is -1.30. The molecule has 2 rings (SSSR count). The second-order valence-corrected chi connectivity index (χ2v) is 4.85. The maximum Gasteiger partial charge on any atom is 0.307 e. The van der Waals surface area contributed by atoms with Crippen LogP contribution in [0.25, 0.3) is 0 Å². The molecule has 92 valence electrons. The van der Waals surface area contributed by atoms with Crippen LogP contribution in [0.2, 0.25) is 0 Å². The van der Waals surface area contributed by atoms with Crippen molar-refractivity contribution in [1.82, 2.24) is 9.55 Å². The number of rotatable bonds is 3. The molecule has 1 atom stereocenters. The molecule has 5 nitrogen and oxygen atoms in total. The van der Waals surface area contributed by atoms with Crippen LogP contribution in [0.5, 0.6) is 0 Å². The first-order valence-corrected chi connectivity index (χ1v) is 6.49. The Morgan fingerprint density at radius 2 is 2.47 bits per heavy atom. The third kappa shape index (κ3) is 2.52. The molecule has 0 amide bonds. The average molecular weight is 254 g/mol. The molecule has 0 fully saturated rings. The molecule has 1 aliphatic rings. The quantitative estimate of drug-likeness (QED) is 0.598. The van der Waals surface area contributed by atoms with E-state index in [9.17, 15) is 9.59 Å². The van der Waals surface area contributed by atoms with Gasteiger partial charge in [-0.2, -0.15) is 0 Å². The molecule has 0 spiro atoms. The van der Waals surface area contributed by atoms with Gasteiger partial charge in [-0.1, -0.05) is 11.8 Å². The van der Waals surface area contributed by atoms with Gasteiger partial charge >= 0.3 is 5.97 Å². The molecule has 0 aromatic carbocycles. The average Bonchev–Trinajstić information content (AvgIpc) is 2.61. The highest BCUT2D eigenvalue weighted by Crippen LogP contribution is 2.31. The largest absolute Gasteiger partial charge is 0.466 e. The molecule has 0 N–H and O–H groups in total. The summed E-state index contributed by atoms with van der Waals surface area (Å²) in [4.78, 5) is 27.6. The number of hydrogen-bond donors (Lipinski definition) is 0. The molecule has 1 aliphatic heterocycles. The van der Waals surface area contributed by atoms with E-state index in [1.54, 1.807) is 18.4 Å². The number of hydrogen-bond acceptors (Lipinski definition) is 5. The minimum Gasteiger partial charge on any atom is -0.466 e. The first-order valence-electron chi connectivity index (χ1n) is 5.50. The summed E-state index contributed by atoms with van der Waals surface area (Å²) in [5.74, 6) is 0.434. The van der Waals surface area contributed by atoms with Crippen LogP contribution in [0.4, 0.5) is 0 Å². The molecule has 1 aromatic heterocycles. The molecule has 0 radical (unpaired) electrons. The maximum atomic E-state index is 11.8. The fraction of sp³-hybridized carbons (Fsp3) is 0.545. The summed E-state index contributed by atoms with van der Waals surface area (Å²) in [6.45, 7) is 3.93. The fourth-order valence-electron chi connectivity index (χ4n) is 1.83. The topological polar surface area (TPSA) is 61.2 Å². The summed E-state index contributed by atoms with van der Waals surface area (Å²) in [7, 11) is 0. The standard InChI is InChI=1S/C11H14N2O3S/c1-3-16-10(15)5-8-6-17-11-12-7(2)4-9(14)13(8)11/h4,8H,3,5-6H2,1-2H3. The van der Waals surface area contributed by atoms with Crippen molar-refractivity contribution in [3.8, 4) is 0 Å². The van der Waals surface area contributed by atoms with Crippen molar-refractivity contribution in [2.75, 3.05) is 12.4 Å². The van der Waals surface area contributed by atoms with E-state index in [2.05, 4.69) is 4.98 Å². The molecular weight excluding hydrogens is 240 g/mol. The zero-order chi connectivity index (χ0) is 12.4. The van der Waals surface area contributed by atoms with Crippen molar-refractivity contribution in [3.05, 3.63) is 22.1 Å². The van der Waals surface area contributed by atoms with Gasteiger partial charge in [-0.3, -0.25) is 14.2 Å². The summed E-state index contributed by atoms with van der Waals surface area (Å²) >= 11 is 1.51. The number of aryl methyl sites for hydroxylation is 1. The van der Waals surface area contributed by atoms with Crippen LogP contribution in [0.3, 0.4) is 0 Å². The van der Waals surface area contributed by atoms with E-state index in [1.165, 1.54) is 17.8 Å². The zero-order valence-corrected chi connectivity index (χ0v) is 10.6. The lowest BCUT2D eigenvalue weighted by atomic mass is 10.2. The van der Waals surface area contributed by atoms with E-state index in [4.69, 9.17) is 4.74 Å². The molecule has 0 aliphatic carbocycles. The Labute approximate surface area is 103 Å². The number of fused-ring (bicyclic) bond motifs is 1. The summed E-state index contributed by atoms with van der Waals surface area (Å²) in [6.07, 6.45) is 0.235. The van der Waals surface area contributed by atoms with Gasteiger partial charge in [-0.25, -0.2) is 4.98 Å². The Morgan fingerprint density at radius 3 is 3.18 bits per heavy atom. The van der Waals surface area contributed by atoms with E-state index >= 15 is 0 Å². The Morgan fingerprint density at radius 1 is 1.71 bits per heavy atom. The summed E-state index contributed by atoms with van der Waals surface area (Å²) < 4.78 is 6.49. The van der Waals surface area contributed by atoms with Crippen molar-refractivity contribution >= 4 is 17.7 Å². The highest BCUT2D eigenvalue weighted by molar-refractivity contribution is 7.99. The van der Waals surface area contributed by atoms with Crippen molar-refractivity contribution < 1.29 is 9.53 Å². The molecule has 1 aromatic rings. The molecule has 1 unspecified atom stereocenters. The number of aromatic nitrogens is 2. The third-order valence-electron chi connectivity index (χ3n) is 2.53. The Balaban J connectivity index is 2.22. The Bertz CT molecular complexity index is 498. The molecule has 2 heterocycles. The number of ether oxygens (including phenoxy) is 1. The lowest BCUT2D eigenvalue weighted by Gasteiger charge is -2.12. The van der Waals surface area contributed by atoms with Crippen molar-refractivity contribution in [3.63, 3.8) is 0 Å². The summed E-state index contributed by atoms with van der Waals surface area (Å²) in [5, 5.41) is 0.698. The van der Waals surface area contributed by atoms with E-state index in [0.29, 0.717) is 23.2 Å². The predicted molar refractivity (Wildman–Crippen MR) is 64.2 cm³/mol.